The zero-order chi connectivity index (χ0) is 13.0. The Hall–Kier alpha value is -0.840. The van der Waals surface area contributed by atoms with Gasteiger partial charge in [0.05, 0.1) is 10.4 Å². The summed E-state index contributed by atoms with van der Waals surface area (Å²) in [6.07, 6.45) is 0.323. The Morgan fingerprint density at radius 1 is 1.28 bits per heavy atom. The molecule has 0 bridgehead atoms. The van der Waals surface area contributed by atoms with Gasteiger partial charge in [-0.2, -0.15) is 0 Å². The van der Waals surface area contributed by atoms with Gasteiger partial charge in [0.1, 0.15) is 11.9 Å². The first-order chi connectivity index (χ1) is 8.72. The lowest BCUT2D eigenvalue weighted by Gasteiger charge is -2.14. The van der Waals surface area contributed by atoms with Gasteiger partial charge in [0.25, 0.3) is 0 Å². The molecule has 0 fully saturated rings. The summed E-state index contributed by atoms with van der Waals surface area (Å²) in [5.41, 5.74) is 0.820. The Morgan fingerprint density at radius 2 is 2.06 bits per heavy atom. The molecule has 0 saturated heterocycles. The molecule has 0 aliphatic heterocycles. The topological polar surface area (TPSA) is 29.5 Å². The first kappa shape index (κ1) is 13.6. The molecule has 2 rings (SSSR count). The van der Waals surface area contributed by atoms with Crippen molar-refractivity contribution in [1.82, 2.24) is 0 Å². The van der Waals surface area contributed by atoms with Crippen LogP contribution in [0.1, 0.15) is 29.9 Å². The predicted molar refractivity (Wildman–Crippen MR) is 78.3 cm³/mol. The van der Waals surface area contributed by atoms with Gasteiger partial charge < -0.3 is 9.84 Å². The Labute approximate surface area is 119 Å². The van der Waals surface area contributed by atoms with Gasteiger partial charge in [-0.3, -0.25) is 0 Å². The van der Waals surface area contributed by atoms with Crippen molar-refractivity contribution in [2.24, 2.45) is 0 Å². The molecule has 1 heterocycles. The number of halogens is 1. The summed E-state index contributed by atoms with van der Waals surface area (Å²) in [6, 6.07) is 11.5. The van der Waals surface area contributed by atoms with Crippen molar-refractivity contribution in [3.8, 4) is 5.75 Å². The van der Waals surface area contributed by atoms with Crippen molar-refractivity contribution in [3.05, 3.63) is 50.6 Å². The molecule has 1 N–H and O–H groups in total. The molecule has 1 aromatic carbocycles. The van der Waals surface area contributed by atoms with Crippen molar-refractivity contribution >= 4 is 27.3 Å². The lowest BCUT2D eigenvalue weighted by molar-refractivity contribution is 0.214. The molecule has 2 aromatic rings. The summed E-state index contributed by atoms with van der Waals surface area (Å²) in [4.78, 5) is 0.912. The third-order valence-corrected chi connectivity index (χ3v) is 4.21. The van der Waals surface area contributed by atoms with Crippen molar-refractivity contribution in [1.29, 1.82) is 0 Å². The molecule has 1 unspecified atom stereocenters. The van der Waals surface area contributed by atoms with Crippen LogP contribution in [0.5, 0.6) is 5.75 Å². The van der Waals surface area contributed by atoms with Crippen molar-refractivity contribution < 1.29 is 9.84 Å². The zero-order valence-corrected chi connectivity index (χ0v) is 12.5. The quantitative estimate of drug-likeness (QED) is 0.883. The Balaban J connectivity index is 2.26. The van der Waals surface area contributed by atoms with E-state index in [1.807, 2.05) is 36.4 Å². The minimum absolute atomic E-state index is 0.630. The maximum atomic E-state index is 10.4. The summed E-state index contributed by atoms with van der Waals surface area (Å²) < 4.78 is 6.69. The minimum atomic E-state index is -0.630. The summed E-state index contributed by atoms with van der Waals surface area (Å²) >= 11 is 4.94. The maximum Gasteiger partial charge on any atom is 0.125 e. The smallest absolute Gasteiger partial charge is 0.125 e. The minimum Gasteiger partial charge on any atom is -0.493 e. The van der Waals surface area contributed by atoms with Crippen molar-refractivity contribution in [2.45, 2.75) is 19.4 Å². The van der Waals surface area contributed by atoms with Crippen molar-refractivity contribution in [2.75, 3.05) is 6.61 Å². The highest BCUT2D eigenvalue weighted by atomic mass is 79.9. The number of aliphatic hydroxyl groups is 1. The molecule has 4 heteroatoms. The van der Waals surface area contributed by atoms with E-state index in [0.29, 0.717) is 6.61 Å². The first-order valence-corrected chi connectivity index (χ1v) is 7.48. The van der Waals surface area contributed by atoms with Crippen LogP contribution in [0.2, 0.25) is 0 Å². The molecule has 96 valence electrons. The largest absolute Gasteiger partial charge is 0.493 e. The SMILES string of the molecule is CCCOc1ccccc1C(O)c1ccc(Br)s1. The molecule has 0 aliphatic carbocycles. The normalized spacial score (nSPS) is 12.4. The molecular weight excluding hydrogens is 312 g/mol. The van der Waals surface area contributed by atoms with E-state index in [2.05, 4.69) is 22.9 Å². The van der Waals surface area contributed by atoms with Crippen LogP contribution >= 0.6 is 27.3 Å². The lowest BCUT2D eigenvalue weighted by atomic mass is 10.1. The Morgan fingerprint density at radius 3 is 2.72 bits per heavy atom. The molecule has 1 atom stereocenters. The summed E-state index contributed by atoms with van der Waals surface area (Å²) in [5, 5.41) is 10.4. The van der Waals surface area contributed by atoms with E-state index in [1.54, 1.807) is 0 Å². The van der Waals surface area contributed by atoms with E-state index in [-0.39, 0.29) is 0 Å². The van der Waals surface area contributed by atoms with Gasteiger partial charge >= 0.3 is 0 Å². The Bertz CT molecular complexity index is 510. The van der Waals surface area contributed by atoms with Crippen LogP contribution in [-0.4, -0.2) is 11.7 Å². The summed E-state index contributed by atoms with van der Waals surface area (Å²) in [7, 11) is 0. The monoisotopic (exact) mass is 326 g/mol. The highest BCUT2D eigenvalue weighted by molar-refractivity contribution is 9.11. The van der Waals surface area contributed by atoms with E-state index in [9.17, 15) is 5.11 Å². The van der Waals surface area contributed by atoms with Gasteiger partial charge in [0, 0.05) is 10.4 Å². The number of aliphatic hydroxyl groups excluding tert-OH is 1. The number of thiophene rings is 1. The number of para-hydroxylation sites is 1. The highest BCUT2D eigenvalue weighted by Gasteiger charge is 2.16. The standard InChI is InChI=1S/C14H15BrO2S/c1-2-9-17-11-6-4-3-5-10(11)14(16)12-7-8-13(15)18-12/h3-8,14,16H,2,9H2,1H3. The van der Waals surface area contributed by atoms with Gasteiger partial charge in [-0.05, 0) is 40.5 Å². The molecule has 1 aromatic heterocycles. The predicted octanol–water partition coefficient (Wildman–Crippen LogP) is 4.38. The van der Waals surface area contributed by atoms with Crippen LogP contribution in [0.15, 0.2) is 40.2 Å². The summed E-state index contributed by atoms with van der Waals surface area (Å²) in [6.45, 7) is 2.73. The van der Waals surface area contributed by atoms with E-state index >= 15 is 0 Å². The van der Waals surface area contributed by atoms with Gasteiger partial charge in [0.15, 0.2) is 0 Å². The van der Waals surface area contributed by atoms with E-state index in [4.69, 9.17) is 4.74 Å². The van der Waals surface area contributed by atoms with Gasteiger partial charge in [-0.1, -0.05) is 25.1 Å². The molecule has 0 radical (unpaired) electrons. The third-order valence-electron chi connectivity index (χ3n) is 2.54. The fourth-order valence-electron chi connectivity index (χ4n) is 1.68. The molecule has 18 heavy (non-hydrogen) atoms. The molecule has 0 saturated carbocycles. The first-order valence-electron chi connectivity index (χ1n) is 5.87. The van der Waals surface area contributed by atoms with Crippen LogP contribution in [0, 0.1) is 0 Å². The van der Waals surface area contributed by atoms with E-state index in [0.717, 1.165) is 26.4 Å². The fourth-order valence-corrected chi connectivity index (χ4v) is 3.11. The molecule has 0 amide bonds. The molecule has 2 nitrogen and oxygen atoms in total. The van der Waals surface area contributed by atoms with Crippen LogP contribution < -0.4 is 4.74 Å². The lowest BCUT2D eigenvalue weighted by Crippen LogP contribution is -2.03. The number of hydrogen-bond acceptors (Lipinski definition) is 3. The van der Waals surface area contributed by atoms with E-state index in [1.165, 1.54) is 11.3 Å². The van der Waals surface area contributed by atoms with Gasteiger partial charge in [-0.25, -0.2) is 0 Å². The average molecular weight is 327 g/mol. The number of ether oxygens (including phenoxy) is 1. The number of benzene rings is 1. The summed E-state index contributed by atoms with van der Waals surface area (Å²) in [5.74, 6) is 0.761. The molecule has 0 aliphatic rings. The molecular formula is C14H15BrO2S. The van der Waals surface area contributed by atoms with Crippen LogP contribution in [0.3, 0.4) is 0 Å². The van der Waals surface area contributed by atoms with Gasteiger partial charge in [-0.15, -0.1) is 11.3 Å². The average Bonchev–Trinajstić information content (AvgIpc) is 2.82. The highest BCUT2D eigenvalue weighted by Crippen LogP contribution is 2.35. The second kappa shape index (κ2) is 6.36. The maximum absolute atomic E-state index is 10.4. The second-order valence-electron chi connectivity index (χ2n) is 3.93. The fraction of sp³-hybridized carbons (Fsp3) is 0.286. The van der Waals surface area contributed by atoms with E-state index < -0.39 is 6.10 Å². The number of rotatable bonds is 5. The van der Waals surface area contributed by atoms with Crippen LogP contribution in [0.4, 0.5) is 0 Å². The van der Waals surface area contributed by atoms with Crippen LogP contribution in [0.25, 0.3) is 0 Å². The van der Waals surface area contributed by atoms with Crippen molar-refractivity contribution in [3.63, 3.8) is 0 Å². The molecule has 0 spiro atoms. The third kappa shape index (κ3) is 3.13. The Kier molecular flexibility index (Phi) is 4.80. The van der Waals surface area contributed by atoms with Gasteiger partial charge in [0.2, 0.25) is 0 Å². The van der Waals surface area contributed by atoms with Crippen LogP contribution in [-0.2, 0) is 0 Å². The zero-order valence-electron chi connectivity index (χ0n) is 10.1. The second-order valence-corrected chi connectivity index (χ2v) is 6.43. The number of hydrogen-bond donors (Lipinski definition) is 1.